The van der Waals surface area contributed by atoms with Crippen LogP contribution in [0.4, 0.5) is 5.69 Å². The summed E-state index contributed by atoms with van der Waals surface area (Å²) in [4.78, 5) is 35.1. The van der Waals surface area contributed by atoms with Gasteiger partial charge in [-0.25, -0.2) is 4.79 Å². The van der Waals surface area contributed by atoms with Crippen LogP contribution in [0, 0.1) is 11.3 Å². The molecule has 0 atom stereocenters. The van der Waals surface area contributed by atoms with Crippen LogP contribution in [0.5, 0.6) is 0 Å². The third kappa shape index (κ3) is 6.14. The van der Waals surface area contributed by atoms with E-state index in [-0.39, 0.29) is 5.91 Å². The second-order valence-corrected chi connectivity index (χ2v) is 5.38. The van der Waals surface area contributed by atoms with Gasteiger partial charge in [0, 0.05) is 24.4 Å². The maximum Gasteiger partial charge on any atom is 0.331 e. The summed E-state index contributed by atoms with van der Waals surface area (Å²) < 4.78 is 4.87. The molecule has 0 saturated carbocycles. The Labute approximate surface area is 156 Å². The van der Waals surface area contributed by atoms with E-state index in [4.69, 9.17) is 10.00 Å². The van der Waals surface area contributed by atoms with Crippen LogP contribution in [0.2, 0.25) is 0 Å². The Morgan fingerprint density at radius 2 is 1.89 bits per heavy atom. The van der Waals surface area contributed by atoms with Gasteiger partial charge in [0.05, 0.1) is 11.6 Å². The normalized spacial score (nSPS) is 10.1. The van der Waals surface area contributed by atoms with Gasteiger partial charge < -0.3 is 15.4 Å². The largest absolute Gasteiger partial charge is 0.452 e. The molecule has 0 aliphatic rings. The Bertz CT molecular complexity index is 912. The van der Waals surface area contributed by atoms with Gasteiger partial charge in [-0.2, -0.15) is 5.26 Å². The van der Waals surface area contributed by atoms with Crippen molar-refractivity contribution in [3.63, 3.8) is 0 Å². The molecular weight excluding hydrogens is 346 g/mol. The highest BCUT2D eigenvalue weighted by Crippen LogP contribution is 2.10. The van der Waals surface area contributed by atoms with E-state index >= 15 is 0 Å². The van der Waals surface area contributed by atoms with Crippen molar-refractivity contribution >= 4 is 29.5 Å². The highest BCUT2D eigenvalue weighted by atomic mass is 16.5. The van der Waals surface area contributed by atoms with Crippen LogP contribution in [0.25, 0.3) is 6.08 Å². The predicted octanol–water partition coefficient (Wildman–Crippen LogP) is 2.11. The van der Waals surface area contributed by atoms with Gasteiger partial charge >= 0.3 is 5.97 Å². The number of ether oxygens (including phenoxy) is 1. The van der Waals surface area contributed by atoms with Gasteiger partial charge in [-0.1, -0.05) is 18.2 Å². The van der Waals surface area contributed by atoms with Gasteiger partial charge in [-0.15, -0.1) is 0 Å². The number of nitrogens with one attached hydrogen (secondary N) is 2. The number of hydrogen-bond acceptors (Lipinski definition) is 5. The van der Waals surface area contributed by atoms with Crippen molar-refractivity contribution in [1.82, 2.24) is 5.32 Å². The van der Waals surface area contributed by atoms with Gasteiger partial charge in [0.25, 0.3) is 11.8 Å². The first-order valence-electron chi connectivity index (χ1n) is 7.99. The molecule has 0 aromatic heterocycles. The molecule has 0 unspecified atom stereocenters. The SMILES string of the molecule is CNC(=O)c1cccc(NC(=O)COC(=O)/C=C/c2ccc(C#N)cc2)c1. The van der Waals surface area contributed by atoms with E-state index in [9.17, 15) is 14.4 Å². The first-order valence-corrected chi connectivity index (χ1v) is 7.99. The molecule has 2 aromatic rings. The van der Waals surface area contributed by atoms with Crippen LogP contribution < -0.4 is 10.6 Å². The average Bonchev–Trinajstić information content (AvgIpc) is 2.70. The summed E-state index contributed by atoms with van der Waals surface area (Å²) in [6, 6.07) is 15.0. The van der Waals surface area contributed by atoms with Crippen molar-refractivity contribution in [2.45, 2.75) is 0 Å². The number of nitriles is 1. The lowest BCUT2D eigenvalue weighted by atomic mass is 10.1. The number of nitrogens with zero attached hydrogens (tertiary/aromatic N) is 1. The zero-order valence-electron chi connectivity index (χ0n) is 14.6. The molecule has 0 fully saturated rings. The number of amides is 2. The Morgan fingerprint density at radius 1 is 1.15 bits per heavy atom. The van der Waals surface area contributed by atoms with Crippen molar-refractivity contribution in [2.75, 3.05) is 19.0 Å². The van der Waals surface area contributed by atoms with Crippen molar-refractivity contribution in [3.05, 3.63) is 71.3 Å². The number of rotatable bonds is 6. The number of carbonyl (C=O) groups excluding carboxylic acids is 3. The van der Waals surface area contributed by atoms with E-state index in [1.54, 1.807) is 42.5 Å². The number of hydrogen-bond donors (Lipinski definition) is 2. The monoisotopic (exact) mass is 363 g/mol. The van der Waals surface area contributed by atoms with Crippen LogP contribution in [-0.4, -0.2) is 31.4 Å². The fourth-order valence-electron chi connectivity index (χ4n) is 2.10. The van der Waals surface area contributed by atoms with Gasteiger partial charge in [0.2, 0.25) is 0 Å². The molecular formula is C20H17N3O4. The maximum atomic E-state index is 11.9. The molecule has 2 N–H and O–H groups in total. The summed E-state index contributed by atoms with van der Waals surface area (Å²) >= 11 is 0. The second kappa shape index (κ2) is 9.53. The van der Waals surface area contributed by atoms with E-state index < -0.39 is 18.5 Å². The quantitative estimate of drug-likeness (QED) is 0.604. The molecule has 0 bridgehead atoms. The molecule has 27 heavy (non-hydrogen) atoms. The standard InChI is InChI=1S/C20H17N3O4/c1-22-20(26)16-3-2-4-17(11-16)23-18(24)13-27-19(25)10-9-14-5-7-15(12-21)8-6-14/h2-11H,13H2,1H3,(H,22,26)(H,23,24)/b10-9+. The van der Waals surface area contributed by atoms with Crippen molar-refractivity contribution in [3.8, 4) is 6.07 Å². The first-order chi connectivity index (χ1) is 13.0. The maximum absolute atomic E-state index is 11.9. The molecule has 0 spiro atoms. The molecule has 7 heteroatoms. The lowest BCUT2D eigenvalue weighted by Crippen LogP contribution is -2.21. The fourth-order valence-corrected chi connectivity index (χ4v) is 2.10. The fraction of sp³-hybridized carbons (Fsp3) is 0.100. The topological polar surface area (TPSA) is 108 Å². The third-order valence-electron chi connectivity index (χ3n) is 3.43. The van der Waals surface area contributed by atoms with Gasteiger partial charge in [-0.3, -0.25) is 9.59 Å². The van der Waals surface area contributed by atoms with Crippen LogP contribution >= 0.6 is 0 Å². The zero-order chi connectivity index (χ0) is 19.6. The number of esters is 1. The summed E-state index contributed by atoms with van der Waals surface area (Å²) in [5.74, 6) is -1.47. The van der Waals surface area contributed by atoms with Crippen LogP contribution in [0.15, 0.2) is 54.6 Å². The zero-order valence-corrected chi connectivity index (χ0v) is 14.6. The van der Waals surface area contributed by atoms with Gasteiger partial charge in [0.15, 0.2) is 6.61 Å². The van der Waals surface area contributed by atoms with E-state index in [1.807, 2.05) is 6.07 Å². The van der Waals surface area contributed by atoms with Crippen molar-refractivity contribution < 1.29 is 19.1 Å². The van der Waals surface area contributed by atoms with Gasteiger partial charge in [-0.05, 0) is 42.0 Å². The minimum absolute atomic E-state index is 0.273. The molecule has 0 aliphatic carbocycles. The van der Waals surface area contributed by atoms with E-state index in [2.05, 4.69) is 10.6 Å². The van der Waals surface area contributed by atoms with E-state index in [0.29, 0.717) is 16.8 Å². The molecule has 136 valence electrons. The lowest BCUT2D eigenvalue weighted by molar-refractivity contribution is -0.142. The summed E-state index contributed by atoms with van der Waals surface area (Å²) in [5, 5.41) is 13.8. The smallest absolute Gasteiger partial charge is 0.331 e. The highest BCUT2D eigenvalue weighted by molar-refractivity contribution is 5.98. The molecule has 0 saturated heterocycles. The molecule has 2 amide bonds. The molecule has 0 heterocycles. The predicted molar refractivity (Wildman–Crippen MR) is 99.6 cm³/mol. The molecule has 2 rings (SSSR count). The minimum Gasteiger partial charge on any atom is -0.452 e. The summed E-state index contributed by atoms with van der Waals surface area (Å²) in [6.07, 6.45) is 2.72. The lowest BCUT2D eigenvalue weighted by Gasteiger charge is -2.07. The molecule has 0 aliphatic heterocycles. The Morgan fingerprint density at radius 3 is 2.56 bits per heavy atom. The van der Waals surface area contributed by atoms with Crippen LogP contribution in [0.1, 0.15) is 21.5 Å². The first kappa shape index (κ1) is 19.4. The molecule has 0 radical (unpaired) electrons. The average molecular weight is 363 g/mol. The number of anilines is 1. The van der Waals surface area contributed by atoms with E-state index in [0.717, 1.165) is 5.56 Å². The number of carbonyl (C=O) groups is 3. The summed E-state index contributed by atoms with van der Waals surface area (Å²) in [6.45, 7) is -0.458. The highest BCUT2D eigenvalue weighted by Gasteiger charge is 2.08. The Kier molecular flexibility index (Phi) is 6.85. The summed E-state index contributed by atoms with van der Waals surface area (Å²) in [7, 11) is 1.51. The van der Waals surface area contributed by atoms with Crippen molar-refractivity contribution in [2.24, 2.45) is 0 Å². The number of benzene rings is 2. The van der Waals surface area contributed by atoms with Gasteiger partial charge in [0.1, 0.15) is 0 Å². The third-order valence-corrected chi connectivity index (χ3v) is 3.43. The van der Waals surface area contributed by atoms with Crippen LogP contribution in [-0.2, 0) is 14.3 Å². The molecule has 7 nitrogen and oxygen atoms in total. The minimum atomic E-state index is -0.673. The Hall–Kier alpha value is -3.92. The van der Waals surface area contributed by atoms with E-state index in [1.165, 1.54) is 25.3 Å². The Balaban J connectivity index is 1.84. The summed E-state index contributed by atoms with van der Waals surface area (Å²) in [5.41, 5.74) is 2.07. The van der Waals surface area contributed by atoms with Crippen molar-refractivity contribution in [1.29, 1.82) is 5.26 Å². The molecule has 2 aromatic carbocycles. The van der Waals surface area contributed by atoms with Crippen LogP contribution in [0.3, 0.4) is 0 Å². The second-order valence-electron chi connectivity index (χ2n) is 5.38.